The quantitative estimate of drug-likeness (QED) is 0.176. The van der Waals surface area contributed by atoms with Gasteiger partial charge in [0.25, 0.3) is 0 Å². The Bertz CT molecular complexity index is 1590. The molecule has 2 N–H and O–H groups in total. The molecular weight excluding hydrogens is 494 g/mol. The van der Waals surface area contributed by atoms with E-state index >= 15 is 0 Å². The maximum absolute atomic E-state index is 13.5. The monoisotopic (exact) mass is 533 g/mol. The summed E-state index contributed by atoms with van der Waals surface area (Å²) in [5.74, 6) is -0.298. The van der Waals surface area contributed by atoms with E-state index in [-0.39, 0.29) is 18.4 Å². The van der Waals surface area contributed by atoms with Crippen molar-refractivity contribution in [1.29, 1.82) is 0 Å². The molecule has 2 atom stereocenters. The number of unbranched alkanes of at least 4 members (excludes halogenated alkanes) is 2. The largest absolute Gasteiger partial charge is 0.394 e. The number of rotatable bonds is 11. The maximum Gasteiger partial charge on any atom is 0.228 e. The Morgan fingerprint density at radius 1 is 0.925 bits per heavy atom. The normalized spacial score (nSPS) is 13.0. The highest BCUT2D eigenvalue weighted by molar-refractivity contribution is 5.91. The number of aryl methyl sites for hydroxylation is 2. The Hall–Kier alpha value is -3.96. The molecule has 0 aliphatic rings. The number of aliphatic hydroxyl groups is 1. The van der Waals surface area contributed by atoms with E-state index in [9.17, 15) is 9.90 Å². The molecule has 0 aliphatic heterocycles. The topological polar surface area (TPSA) is 66.6 Å². The molecular formula is C35H39N3O2. The van der Waals surface area contributed by atoms with Gasteiger partial charge in [-0.25, -0.2) is 4.98 Å². The van der Waals surface area contributed by atoms with Gasteiger partial charge in [0.15, 0.2) is 0 Å². The molecule has 5 aromatic rings. The summed E-state index contributed by atoms with van der Waals surface area (Å²) >= 11 is 0. The predicted molar refractivity (Wildman–Crippen MR) is 163 cm³/mol. The van der Waals surface area contributed by atoms with Crippen molar-refractivity contribution in [1.82, 2.24) is 14.7 Å². The third-order valence-corrected chi connectivity index (χ3v) is 7.88. The molecule has 1 amide bonds. The molecule has 5 nitrogen and oxygen atoms in total. The van der Waals surface area contributed by atoms with Gasteiger partial charge in [0, 0.05) is 28.8 Å². The summed E-state index contributed by atoms with van der Waals surface area (Å²) < 4.78 is 2.25. The minimum Gasteiger partial charge on any atom is -0.394 e. The molecule has 5 heteroatoms. The summed E-state index contributed by atoms with van der Waals surface area (Å²) in [5, 5.41) is 14.3. The summed E-state index contributed by atoms with van der Waals surface area (Å²) in [6, 6.07) is 28.4. The number of carbonyl (C=O) groups is 1. The van der Waals surface area contributed by atoms with Gasteiger partial charge in [-0.15, -0.1) is 0 Å². The summed E-state index contributed by atoms with van der Waals surface area (Å²) in [5.41, 5.74) is 8.72. The Balaban J connectivity index is 1.42. The van der Waals surface area contributed by atoms with Gasteiger partial charge >= 0.3 is 0 Å². The first-order valence-corrected chi connectivity index (χ1v) is 14.4. The van der Waals surface area contributed by atoms with Crippen molar-refractivity contribution in [3.8, 4) is 0 Å². The smallest absolute Gasteiger partial charge is 0.228 e. The standard InChI is InChI=1S/C35H39N3O2/c1-4-5-7-14-29(35(40)37-32(23-39)28-12-8-6-9-13-28)27-19-17-26(18-20-27)22-31-30-15-10-11-16-33(30)38-25(3)21-24(2)36-34(31)38/h6,8-13,15-21,29,32,39H,4-5,7,14,22-23H2,1-3H3,(H,37,40). The lowest BCUT2D eigenvalue weighted by atomic mass is 9.90. The molecule has 5 rings (SSSR count). The minimum absolute atomic E-state index is 0.0358. The first kappa shape index (κ1) is 27.6. The van der Waals surface area contributed by atoms with Crippen LogP contribution in [0.4, 0.5) is 0 Å². The van der Waals surface area contributed by atoms with E-state index in [1.165, 1.54) is 27.7 Å². The zero-order chi connectivity index (χ0) is 28.1. The third-order valence-electron chi connectivity index (χ3n) is 7.88. The van der Waals surface area contributed by atoms with E-state index < -0.39 is 6.04 Å². The molecule has 2 aromatic heterocycles. The van der Waals surface area contributed by atoms with Crippen molar-refractivity contribution >= 4 is 22.5 Å². The first-order chi connectivity index (χ1) is 19.5. The number of aromatic nitrogens is 2. The zero-order valence-electron chi connectivity index (χ0n) is 23.7. The highest BCUT2D eigenvalue weighted by atomic mass is 16.3. The Kier molecular flexibility index (Phi) is 8.61. The highest BCUT2D eigenvalue weighted by Gasteiger charge is 2.24. The molecule has 0 saturated carbocycles. The van der Waals surface area contributed by atoms with Crippen molar-refractivity contribution < 1.29 is 9.90 Å². The second-order valence-corrected chi connectivity index (χ2v) is 10.8. The van der Waals surface area contributed by atoms with Crippen molar-refractivity contribution in [2.75, 3.05) is 6.61 Å². The molecule has 3 aromatic carbocycles. The van der Waals surface area contributed by atoms with Gasteiger partial charge in [-0.1, -0.05) is 99.0 Å². The zero-order valence-corrected chi connectivity index (χ0v) is 23.7. The minimum atomic E-state index is -0.419. The number of aliphatic hydroxyl groups excluding tert-OH is 1. The van der Waals surface area contributed by atoms with E-state index in [0.717, 1.165) is 54.6 Å². The fraction of sp³-hybridized carbons (Fsp3) is 0.314. The fourth-order valence-electron chi connectivity index (χ4n) is 5.82. The molecule has 206 valence electrons. The molecule has 0 radical (unpaired) electrons. The van der Waals surface area contributed by atoms with Gasteiger partial charge in [0.05, 0.1) is 24.1 Å². The predicted octanol–water partition coefficient (Wildman–Crippen LogP) is 7.21. The van der Waals surface area contributed by atoms with Crippen molar-refractivity contribution in [2.24, 2.45) is 0 Å². The summed E-state index contributed by atoms with van der Waals surface area (Å²) in [4.78, 5) is 18.5. The lowest BCUT2D eigenvalue weighted by Crippen LogP contribution is -2.34. The lowest BCUT2D eigenvalue weighted by Gasteiger charge is -2.22. The maximum atomic E-state index is 13.5. The average molecular weight is 534 g/mol. The third kappa shape index (κ3) is 5.80. The molecule has 0 spiro atoms. The van der Waals surface area contributed by atoms with Gasteiger partial charge in [-0.05, 0) is 49.1 Å². The number of carbonyl (C=O) groups excluding carboxylic acids is 1. The second kappa shape index (κ2) is 12.5. The Morgan fingerprint density at radius 3 is 2.38 bits per heavy atom. The van der Waals surface area contributed by atoms with E-state index in [1.807, 2.05) is 37.3 Å². The van der Waals surface area contributed by atoms with Gasteiger partial charge in [0.2, 0.25) is 5.91 Å². The SMILES string of the molecule is CCCCCC(C(=O)NC(CO)c1ccccc1)c1ccc(Cc2c3ccccc3n3c(C)cc(C)nc23)cc1. The number of para-hydroxylation sites is 1. The molecule has 0 saturated heterocycles. The summed E-state index contributed by atoms with van der Waals surface area (Å²) in [7, 11) is 0. The number of benzene rings is 3. The fourth-order valence-corrected chi connectivity index (χ4v) is 5.82. The van der Waals surface area contributed by atoms with Gasteiger partial charge in [-0.3, -0.25) is 9.20 Å². The summed E-state index contributed by atoms with van der Waals surface area (Å²) in [6.07, 6.45) is 4.72. The average Bonchev–Trinajstić information content (AvgIpc) is 3.28. The van der Waals surface area contributed by atoms with Crippen LogP contribution >= 0.6 is 0 Å². The number of amides is 1. The molecule has 2 heterocycles. The van der Waals surface area contributed by atoms with Crippen LogP contribution in [0.2, 0.25) is 0 Å². The number of nitrogens with zero attached hydrogens (tertiary/aromatic N) is 2. The van der Waals surface area contributed by atoms with Crippen LogP contribution in [0.3, 0.4) is 0 Å². The van der Waals surface area contributed by atoms with Crippen molar-refractivity contribution in [3.63, 3.8) is 0 Å². The second-order valence-electron chi connectivity index (χ2n) is 10.8. The van der Waals surface area contributed by atoms with E-state index in [2.05, 4.69) is 78.2 Å². The molecule has 0 bridgehead atoms. The number of hydrogen-bond donors (Lipinski definition) is 2. The Labute approximate surface area is 236 Å². The van der Waals surface area contributed by atoms with Crippen LogP contribution in [-0.4, -0.2) is 27.0 Å². The van der Waals surface area contributed by atoms with E-state index in [4.69, 9.17) is 4.98 Å². The first-order valence-electron chi connectivity index (χ1n) is 14.4. The van der Waals surface area contributed by atoms with E-state index in [1.54, 1.807) is 0 Å². The van der Waals surface area contributed by atoms with Gasteiger partial charge < -0.3 is 10.4 Å². The lowest BCUT2D eigenvalue weighted by molar-refractivity contribution is -0.123. The van der Waals surface area contributed by atoms with Crippen LogP contribution in [0.5, 0.6) is 0 Å². The highest BCUT2D eigenvalue weighted by Crippen LogP contribution is 2.30. The number of nitrogens with one attached hydrogen (secondary N) is 1. The molecule has 2 unspecified atom stereocenters. The number of fused-ring (bicyclic) bond motifs is 3. The van der Waals surface area contributed by atoms with Crippen LogP contribution in [0.25, 0.3) is 16.6 Å². The molecule has 40 heavy (non-hydrogen) atoms. The van der Waals surface area contributed by atoms with Gasteiger partial charge in [0.1, 0.15) is 5.65 Å². The van der Waals surface area contributed by atoms with Crippen LogP contribution in [0, 0.1) is 13.8 Å². The Morgan fingerprint density at radius 2 is 1.65 bits per heavy atom. The van der Waals surface area contributed by atoms with Crippen LogP contribution in [0.15, 0.2) is 84.9 Å². The van der Waals surface area contributed by atoms with Crippen molar-refractivity contribution in [2.45, 2.75) is 64.8 Å². The van der Waals surface area contributed by atoms with Gasteiger partial charge in [-0.2, -0.15) is 0 Å². The molecule has 0 fully saturated rings. The van der Waals surface area contributed by atoms with Crippen LogP contribution in [-0.2, 0) is 11.2 Å². The van der Waals surface area contributed by atoms with E-state index in [0.29, 0.717) is 0 Å². The number of hydrogen-bond acceptors (Lipinski definition) is 3. The van der Waals surface area contributed by atoms with Crippen molar-refractivity contribution in [3.05, 3.63) is 119 Å². The van der Waals surface area contributed by atoms with Crippen LogP contribution < -0.4 is 5.32 Å². The molecule has 0 aliphatic carbocycles. The summed E-state index contributed by atoms with van der Waals surface area (Å²) in [6.45, 7) is 6.22. The van der Waals surface area contributed by atoms with Crippen LogP contribution in [0.1, 0.15) is 78.2 Å².